The van der Waals surface area contributed by atoms with E-state index in [0.29, 0.717) is 39.3 Å². The lowest BCUT2D eigenvalue weighted by Gasteiger charge is -2.35. The molecule has 2 amide bonds. The Morgan fingerprint density at radius 3 is 2.28 bits per heavy atom. The monoisotopic (exact) mass is 513 g/mol. The number of ether oxygens (including phenoxy) is 1. The molecule has 0 radical (unpaired) electrons. The molecule has 36 heavy (non-hydrogen) atoms. The van der Waals surface area contributed by atoms with Crippen LogP contribution in [-0.4, -0.2) is 38.7 Å². The molecule has 3 aromatic rings. The van der Waals surface area contributed by atoms with Gasteiger partial charge in [-0.1, -0.05) is 37.6 Å². The van der Waals surface area contributed by atoms with Gasteiger partial charge in [-0.3, -0.25) is 14.5 Å². The van der Waals surface area contributed by atoms with Crippen molar-refractivity contribution in [3.8, 4) is 16.9 Å². The number of primary amides is 1. The van der Waals surface area contributed by atoms with E-state index < -0.39 is 17.5 Å². The Kier molecular flexibility index (Phi) is 7.99. The Morgan fingerprint density at radius 1 is 1.11 bits per heavy atom. The number of benzene rings is 2. The molecule has 3 rings (SSSR count). The third kappa shape index (κ3) is 5.99. The first kappa shape index (κ1) is 27.1. The fraction of sp³-hybridized carbons (Fsp3) is 0.370. The first-order valence-corrected chi connectivity index (χ1v) is 12.0. The molecule has 0 aliphatic heterocycles. The summed E-state index contributed by atoms with van der Waals surface area (Å²) in [6.07, 6.45) is -1.09. The molecule has 192 valence electrons. The van der Waals surface area contributed by atoms with Crippen molar-refractivity contribution >= 4 is 34.4 Å². The van der Waals surface area contributed by atoms with Gasteiger partial charge in [0.15, 0.2) is 6.61 Å². The van der Waals surface area contributed by atoms with Crippen molar-refractivity contribution in [1.82, 2.24) is 9.47 Å². The van der Waals surface area contributed by atoms with Crippen LogP contribution < -0.4 is 16.0 Å². The highest BCUT2D eigenvalue weighted by atomic mass is 35.5. The summed E-state index contributed by atoms with van der Waals surface area (Å²) < 4.78 is 7.19. The van der Waals surface area contributed by atoms with E-state index in [1.54, 1.807) is 34.9 Å². The maximum absolute atomic E-state index is 13.8. The molecule has 0 spiro atoms. The predicted octanol–water partition coefficient (Wildman–Crippen LogP) is 5.12. The van der Waals surface area contributed by atoms with Gasteiger partial charge >= 0.3 is 6.09 Å². The zero-order valence-corrected chi connectivity index (χ0v) is 21.9. The molecule has 1 aromatic heterocycles. The van der Waals surface area contributed by atoms with E-state index in [-0.39, 0.29) is 24.6 Å². The summed E-state index contributed by atoms with van der Waals surface area (Å²) in [5.74, 6) is -0.124. The van der Waals surface area contributed by atoms with Gasteiger partial charge in [0, 0.05) is 39.1 Å². The van der Waals surface area contributed by atoms with Gasteiger partial charge in [0.1, 0.15) is 5.75 Å². The molecular weight excluding hydrogens is 482 g/mol. The summed E-state index contributed by atoms with van der Waals surface area (Å²) in [7, 11) is 0. The van der Waals surface area contributed by atoms with Gasteiger partial charge in [0.25, 0.3) is 11.5 Å². The Bertz CT molecular complexity index is 1340. The van der Waals surface area contributed by atoms with Crippen molar-refractivity contribution in [1.29, 1.82) is 0 Å². The average Bonchev–Trinajstić information content (AvgIpc) is 2.77. The molecule has 0 bridgehead atoms. The number of hydrogen-bond donors (Lipinski definition) is 2. The van der Waals surface area contributed by atoms with Gasteiger partial charge < -0.3 is 20.1 Å². The van der Waals surface area contributed by atoms with E-state index in [2.05, 4.69) is 0 Å². The van der Waals surface area contributed by atoms with Crippen LogP contribution in [0.4, 0.5) is 4.79 Å². The third-order valence-corrected chi connectivity index (χ3v) is 6.01. The van der Waals surface area contributed by atoms with Gasteiger partial charge in [-0.05, 0) is 62.6 Å². The second-order valence-corrected chi connectivity index (χ2v) is 10.6. The van der Waals surface area contributed by atoms with E-state index in [9.17, 15) is 19.5 Å². The number of fused-ring (bicyclic) bond motifs is 1. The van der Waals surface area contributed by atoms with E-state index in [4.69, 9.17) is 22.1 Å². The standard InChI is InChI=1S/C27H32ClN3O5/c1-16(2)13-30-22(14-31(26(34)35)27(3,4)5)24(17-6-8-18(28)9-7-17)21-12-19(36-15-23(29)32)10-11-20(21)25(30)33/h6-12,16H,13-15H2,1-5H3,(H2,29,32)(H,34,35). The maximum Gasteiger partial charge on any atom is 0.408 e. The number of amides is 2. The predicted molar refractivity (Wildman–Crippen MR) is 142 cm³/mol. The fourth-order valence-corrected chi connectivity index (χ4v) is 4.25. The second-order valence-electron chi connectivity index (χ2n) is 10.1. The van der Waals surface area contributed by atoms with Crippen LogP contribution in [0.15, 0.2) is 47.3 Å². The smallest absolute Gasteiger partial charge is 0.408 e. The number of hydrogen-bond acceptors (Lipinski definition) is 4. The summed E-state index contributed by atoms with van der Waals surface area (Å²) in [6.45, 7) is 9.52. The Balaban J connectivity index is 2.44. The lowest BCUT2D eigenvalue weighted by molar-refractivity contribution is -0.119. The van der Waals surface area contributed by atoms with Crippen molar-refractivity contribution in [3.63, 3.8) is 0 Å². The Hall–Kier alpha value is -3.52. The Morgan fingerprint density at radius 2 is 1.75 bits per heavy atom. The van der Waals surface area contributed by atoms with Crippen LogP contribution in [0.3, 0.4) is 0 Å². The van der Waals surface area contributed by atoms with Gasteiger partial charge in [0.2, 0.25) is 0 Å². The minimum atomic E-state index is -1.09. The summed E-state index contributed by atoms with van der Waals surface area (Å²) >= 11 is 6.16. The molecule has 8 nitrogen and oxygen atoms in total. The fourth-order valence-electron chi connectivity index (χ4n) is 4.12. The summed E-state index contributed by atoms with van der Waals surface area (Å²) in [5.41, 5.74) is 6.31. The van der Waals surface area contributed by atoms with Crippen molar-refractivity contribution in [2.24, 2.45) is 11.7 Å². The van der Waals surface area contributed by atoms with Crippen LogP contribution in [0.25, 0.3) is 21.9 Å². The number of carboxylic acid groups (broad SMARTS) is 1. The summed E-state index contributed by atoms with van der Waals surface area (Å²) in [4.78, 5) is 38.6. The summed E-state index contributed by atoms with van der Waals surface area (Å²) in [5, 5.41) is 11.6. The van der Waals surface area contributed by atoms with Gasteiger partial charge in [0.05, 0.1) is 6.54 Å². The van der Waals surface area contributed by atoms with E-state index in [1.807, 2.05) is 46.8 Å². The molecule has 0 saturated carbocycles. The van der Waals surface area contributed by atoms with Crippen molar-refractivity contribution in [3.05, 3.63) is 63.5 Å². The summed E-state index contributed by atoms with van der Waals surface area (Å²) in [6, 6.07) is 12.1. The minimum Gasteiger partial charge on any atom is -0.484 e. The normalized spacial score (nSPS) is 11.6. The van der Waals surface area contributed by atoms with Gasteiger partial charge in [-0.15, -0.1) is 0 Å². The number of aromatic nitrogens is 1. The van der Waals surface area contributed by atoms with Crippen LogP contribution >= 0.6 is 11.6 Å². The number of nitrogens with two attached hydrogens (primary N) is 1. The number of pyridine rings is 1. The Labute approximate surface area is 215 Å². The van der Waals surface area contributed by atoms with E-state index in [1.165, 1.54) is 4.90 Å². The van der Waals surface area contributed by atoms with Crippen molar-refractivity contribution in [2.75, 3.05) is 6.61 Å². The quantitative estimate of drug-likeness (QED) is 0.433. The van der Waals surface area contributed by atoms with Crippen LogP contribution in [0.5, 0.6) is 5.75 Å². The minimum absolute atomic E-state index is 0.0128. The zero-order chi connectivity index (χ0) is 26.8. The average molecular weight is 514 g/mol. The molecule has 0 fully saturated rings. The lowest BCUT2D eigenvalue weighted by Crippen LogP contribution is -2.45. The van der Waals surface area contributed by atoms with Gasteiger partial charge in [-0.2, -0.15) is 0 Å². The number of nitrogens with zero attached hydrogens (tertiary/aromatic N) is 2. The zero-order valence-electron chi connectivity index (χ0n) is 21.2. The molecular formula is C27H32ClN3O5. The number of halogens is 1. The van der Waals surface area contributed by atoms with E-state index in [0.717, 1.165) is 5.56 Å². The van der Waals surface area contributed by atoms with Crippen LogP contribution in [0.1, 0.15) is 40.3 Å². The number of rotatable bonds is 8. The molecule has 3 N–H and O–H groups in total. The van der Waals surface area contributed by atoms with E-state index >= 15 is 0 Å². The highest BCUT2D eigenvalue weighted by Gasteiger charge is 2.30. The molecule has 0 aliphatic rings. The van der Waals surface area contributed by atoms with Crippen molar-refractivity contribution < 1.29 is 19.4 Å². The molecule has 0 atom stereocenters. The highest BCUT2D eigenvalue weighted by Crippen LogP contribution is 2.35. The molecule has 0 saturated heterocycles. The highest BCUT2D eigenvalue weighted by molar-refractivity contribution is 6.30. The SMILES string of the molecule is CC(C)Cn1c(CN(C(=O)O)C(C)(C)C)c(-c2ccc(Cl)cc2)c2cc(OCC(N)=O)ccc2c1=O. The topological polar surface area (TPSA) is 115 Å². The molecule has 9 heteroatoms. The lowest BCUT2D eigenvalue weighted by atomic mass is 9.95. The number of carbonyl (C=O) groups is 2. The first-order valence-electron chi connectivity index (χ1n) is 11.7. The van der Waals surface area contributed by atoms with Gasteiger partial charge in [-0.25, -0.2) is 4.79 Å². The molecule has 1 heterocycles. The largest absolute Gasteiger partial charge is 0.484 e. The van der Waals surface area contributed by atoms with Crippen molar-refractivity contribution in [2.45, 2.75) is 53.2 Å². The first-order chi connectivity index (χ1) is 16.8. The molecule has 0 aliphatic carbocycles. The number of carbonyl (C=O) groups excluding carboxylic acids is 1. The van der Waals surface area contributed by atoms with Crippen LogP contribution in [-0.2, 0) is 17.9 Å². The molecule has 2 aromatic carbocycles. The third-order valence-electron chi connectivity index (χ3n) is 5.76. The van der Waals surface area contributed by atoms with Crippen LogP contribution in [0, 0.1) is 5.92 Å². The molecule has 0 unspecified atom stereocenters. The second kappa shape index (κ2) is 10.6. The van der Waals surface area contributed by atoms with Crippen LogP contribution in [0.2, 0.25) is 5.02 Å². The maximum atomic E-state index is 13.8.